The molecule has 6 heteroatoms. The van der Waals surface area contributed by atoms with Crippen LogP contribution in [0.15, 0.2) is 0 Å². The number of piperidine rings is 1. The van der Waals surface area contributed by atoms with Crippen molar-refractivity contribution in [3.8, 4) is 0 Å². The molecule has 2 rings (SSSR count). The average Bonchev–Trinajstić information content (AvgIpc) is 2.29. The molecule has 1 aromatic rings. The third-order valence-corrected chi connectivity index (χ3v) is 3.13. The van der Waals surface area contributed by atoms with Gasteiger partial charge in [0.05, 0.1) is 11.4 Å². The minimum atomic E-state index is 0.0975. The number of carbonyl (C=O) groups excluding carboxylic acids is 1. The highest BCUT2D eigenvalue weighted by Gasteiger charge is 2.19. The Morgan fingerprint density at radius 2 is 2.06 bits per heavy atom. The van der Waals surface area contributed by atoms with E-state index in [-0.39, 0.29) is 11.9 Å². The van der Waals surface area contributed by atoms with Crippen molar-refractivity contribution in [1.29, 1.82) is 0 Å². The highest BCUT2D eigenvalue weighted by Crippen LogP contribution is 2.20. The number of halogens is 1. The number of amides is 1. The molecular weight excluding hydrogens is 240 g/mol. The Morgan fingerprint density at radius 3 is 2.71 bits per heavy atom. The second kappa shape index (κ2) is 4.87. The van der Waals surface area contributed by atoms with E-state index in [1.165, 1.54) is 0 Å². The van der Waals surface area contributed by atoms with Crippen molar-refractivity contribution in [1.82, 2.24) is 15.3 Å². The lowest BCUT2D eigenvalue weighted by atomic mass is 10.1. The highest BCUT2D eigenvalue weighted by molar-refractivity contribution is 6.31. The van der Waals surface area contributed by atoms with E-state index in [1.807, 2.05) is 13.8 Å². The Labute approximate surface area is 105 Å². The SMILES string of the molecule is Cc1nc(Cl)c(NC2CCC(=O)NC2)nc1C. The first-order valence-corrected chi connectivity index (χ1v) is 5.98. The summed E-state index contributed by atoms with van der Waals surface area (Å²) >= 11 is 6.03. The van der Waals surface area contributed by atoms with E-state index in [0.717, 1.165) is 17.8 Å². The molecule has 2 heterocycles. The molecule has 1 saturated heterocycles. The second-order valence-corrected chi connectivity index (χ2v) is 4.58. The normalized spacial score (nSPS) is 19.9. The molecule has 1 aliphatic rings. The molecule has 2 N–H and O–H groups in total. The Balaban J connectivity index is 2.08. The van der Waals surface area contributed by atoms with Crippen molar-refractivity contribution in [2.24, 2.45) is 0 Å². The van der Waals surface area contributed by atoms with E-state index < -0.39 is 0 Å². The minimum absolute atomic E-state index is 0.0975. The van der Waals surface area contributed by atoms with Crippen molar-refractivity contribution in [3.63, 3.8) is 0 Å². The largest absolute Gasteiger partial charge is 0.363 e. The topological polar surface area (TPSA) is 66.9 Å². The lowest BCUT2D eigenvalue weighted by molar-refractivity contribution is -0.122. The molecule has 0 radical (unpaired) electrons. The van der Waals surface area contributed by atoms with Crippen LogP contribution in [0.25, 0.3) is 0 Å². The van der Waals surface area contributed by atoms with Crippen LogP contribution >= 0.6 is 11.6 Å². The molecular formula is C11H15ClN4O. The van der Waals surface area contributed by atoms with Crippen LogP contribution in [-0.2, 0) is 4.79 Å². The van der Waals surface area contributed by atoms with Crippen LogP contribution < -0.4 is 10.6 Å². The molecule has 1 aliphatic heterocycles. The van der Waals surface area contributed by atoms with Crippen LogP contribution in [0.5, 0.6) is 0 Å². The summed E-state index contributed by atoms with van der Waals surface area (Å²) in [6.07, 6.45) is 1.32. The van der Waals surface area contributed by atoms with Gasteiger partial charge in [0.1, 0.15) is 0 Å². The van der Waals surface area contributed by atoms with Crippen LogP contribution in [0.2, 0.25) is 5.15 Å². The van der Waals surface area contributed by atoms with Gasteiger partial charge in [0.15, 0.2) is 11.0 Å². The fraction of sp³-hybridized carbons (Fsp3) is 0.545. The Morgan fingerprint density at radius 1 is 1.35 bits per heavy atom. The van der Waals surface area contributed by atoms with Crippen LogP contribution in [0.1, 0.15) is 24.2 Å². The molecule has 0 bridgehead atoms. The second-order valence-electron chi connectivity index (χ2n) is 4.22. The maximum atomic E-state index is 11.0. The van der Waals surface area contributed by atoms with Gasteiger partial charge in [0.25, 0.3) is 0 Å². The van der Waals surface area contributed by atoms with E-state index in [4.69, 9.17) is 11.6 Å². The fourth-order valence-corrected chi connectivity index (χ4v) is 1.94. The Hall–Kier alpha value is -1.36. The summed E-state index contributed by atoms with van der Waals surface area (Å²) in [6.45, 7) is 4.37. The fourth-order valence-electron chi connectivity index (χ4n) is 1.72. The van der Waals surface area contributed by atoms with Crippen LogP contribution in [0.4, 0.5) is 5.82 Å². The zero-order valence-corrected chi connectivity index (χ0v) is 10.6. The zero-order valence-electron chi connectivity index (χ0n) is 9.88. The van der Waals surface area contributed by atoms with Gasteiger partial charge in [-0.25, -0.2) is 9.97 Å². The Kier molecular flexibility index (Phi) is 3.47. The Bertz CT molecular complexity index is 439. The first kappa shape index (κ1) is 12.1. The third kappa shape index (κ3) is 2.85. The summed E-state index contributed by atoms with van der Waals surface area (Å²) in [5.41, 5.74) is 1.69. The molecule has 0 aliphatic carbocycles. The molecule has 1 fully saturated rings. The van der Waals surface area contributed by atoms with Crippen LogP contribution in [-0.4, -0.2) is 28.5 Å². The van der Waals surface area contributed by atoms with E-state index in [0.29, 0.717) is 23.9 Å². The quantitative estimate of drug-likeness (QED) is 0.838. The number of carbonyl (C=O) groups is 1. The molecule has 0 aromatic carbocycles. The van der Waals surface area contributed by atoms with E-state index >= 15 is 0 Å². The predicted molar refractivity (Wildman–Crippen MR) is 66.2 cm³/mol. The number of hydrogen-bond acceptors (Lipinski definition) is 4. The monoisotopic (exact) mass is 254 g/mol. The molecule has 0 saturated carbocycles. The van der Waals surface area contributed by atoms with Crippen molar-refractivity contribution in [2.75, 3.05) is 11.9 Å². The molecule has 0 spiro atoms. The van der Waals surface area contributed by atoms with Gasteiger partial charge in [-0.1, -0.05) is 11.6 Å². The summed E-state index contributed by atoms with van der Waals surface area (Å²) in [6, 6.07) is 0.168. The van der Waals surface area contributed by atoms with E-state index in [9.17, 15) is 4.79 Å². The van der Waals surface area contributed by atoms with Gasteiger partial charge in [-0.05, 0) is 20.3 Å². The molecule has 17 heavy (non-hydrogen) atoms. The lowest BCUT2D eigenvalue weighted by Crippen LogP contribution is -2.42. The summed E-state index contributed by atoms with van der Waals surface area (Å²) in [7, 11) is 0. The number of anilines is 1. The van der Waals surface area contributed by atoms with Crippen LogP contribution in [0, 0.1) is 13.8 Å². The third-order valence-electron chi connectivity index (χ3n) is 2.87. The number of nitrogens with zero attached hydrogens (tertiary/aromatic N) is 2. The summed E-state index contributed by atoms with van der Waals surface area (Å²) in [5, 5.41) is 6.40. The first-order chi connectivity index (χ1) is 8.06. The van der Waals surface area contributed by atoms with E-state index in [1.54, 1.807) is 0 Å². The number of hydrogen-bond donors (Lipinski definition) is 2. The van der Waals surface area contributed by atoms with Gasteiger partial charge in [0, 0.05) is 19.0 Å². The van der Waals surface area contributed by atoms with Gasteiger partial charge < -0.3 is 10.6 Å². The number of rotatable bonds is 2. The van der Waals surface area contributed by atoms with Crippen molar-refractivity contribution < 1.29 is 4.79 Å². The number of nitrogens with one attached hydrogen (secondary N) is 2. The maximum Gasteiger partial charge on any atom is 0.220 e. The summed E-state index contributed by atoms with van der Waals surface area (Å²) < 4.78 is 0. The zero-order chi connectivity index (χ0) is 12.4. The van der Waals surface area contributed by atoms with Gasteiger partial charge >= 0.3 is 0 Å². The van der Waals surface area contributed by atoms with Gasteiger partial charge in [-0.3, -0.25) is 4.79 Å². The summed E-state index contributed by atoms with van der Waals surface area (Å²) in [5.74, 6) is 0.691. The molecule has 5 nitrogen and oxygen atoms in total. The highest BCUT2D eigenvalue weighted by atomic mass is 35.5. The molecule has 92 valence electrons. The van der Waals surface area contributed by atoms with Crippen molar-refractivity contribution >= 4 is 23.3 Å². The van der Waals surface area contributed by atoms with Crippen LogP contribution in [0.3, 0.4) is 0 Å². The molecule has 1 unspecified atom stereocenters. The summed E-state index contributed by atoms with van der Waals surface area (Å²) in [4.78, 5) is 19.6. The molecule has 1 atom stereocenters. The maximum absolute atomic E-state index is 11.0. The minimum Gasteiger partial charge on any atom is -0.363 e. The van der Waals surface area contributed by atoms with Crippen molar-refractivity contribution in [3.05, 3.63) is 16.5 Å². The predicted octanol–water partition coefficient (Wildman–Crippen LogP) is 1.44. The number of aryl methyl sites for hydroxylation is 2. The average molecular weight is 255 g/mol. The number of aromatic nitrogens is 2. The smallest absolute Gasteiger partial charge is 0.220 e. The van der Waals surface area contributed by atoms with E-state index in [2.05, 4.69) is 20.6 Å². The lowest BCUT2D eigenvalue weighted by Gasteiger charge is -2.24. The van der Waals surface area contributed by atoms with Crippen molar-refractivity contribution in [2.45, 2.75) is 32.7 Å². The molecule has 1 amide bonds. The van der Waals surface area contributed by atoms with Gasteiger partial charge in [-0.2, -0.15) is 0 Å². The first-order valence-electron chi connectivity index (χ1n) is 5.60. The molecule has 1 aromatic heterocycles. The van der Waals surface area contributed by atoms with Gasteiger partial charge in [0.2, 0.25) is 5.91 Å². The standard InChI is InChI=1S/C11H15ClN4O/c1-6-7(2)15-11(10(12)14-6)16-8-3-4-9(17)13-5-8/h8H,3-5H2,1-2H3,(H,13,17)(H,15,16). The van der Waals surface area contributed by atoms with Gasteiger partial charge in [-0.15, -0.1) is 0 Å².